The van der Waals surface area contributed by atoms with Crippen molar-refractivity contribution in [2.24, 2.45) is 0 Å². The molecular weight excluding hydrogens is 423 g/mol. The van der Waals surface area contributed by atoms with E-state index in [9.17, 15) is 18.0 Å². The van der Waals surface area contributed by atoms with Crippen molar-refractivity contribution >= 4 is 39.9 Å². The van der Waals surface area contributed by atoms with Crippen molar-refractivity contribution in [3.05, 3.63) is 88.1 Å². The first kappa shape index (κ1) is 20.9. The Bertz CT molecular complexity index is 1230. The number of aromatic nitrogens is 2. The average molecular weight is 441 g/mol. The summed E-state index contributed by atoms with van der Waals surface area (Å²) in [6.07, 6.45) is 1.67. The van der Waals surface area contributed by atoms with Gasteiger partial charge in [-0.1, -0.05) is 30.3 Å². The summed E-state index contributed by atoms with van der Waals surface area (Å²) in [5.41, 5.74) is 1.81. The van der Waals surface area contributed by atoms with Crippen LogP contribution in [0.5, 0.6) is 0 Å². The predicted molar refractivity (Wildman–Crippen MR) is 116 cm³/mol. The Morgan fingerprint density at radius 3 is 2.55 bits per heavy atom. The molecule has 8 heteroatoms. The van der Waals surface area contributed by atoms with Crippen LogP contribution >= 0.6 is 11.3 Å². The van der Waals surface area contributed by atoms with Gasteiger partial charge in [0.25, 0.3) is 5.91 Å². The zero-order valence-electron chi connectivity index (χ0n) is 16.5. The number of hydrogen-bond donors (Lipinski definition) is 0. The first-order valence-corrected chi connectivity index (χ1v) is 10.3. The molecule has 4 rings (SSSR count). The summed E-state index contributed by atoms with van der Waals surface area (Å²) in [4.78, 5) is 19.7. The van der Waals surface area contributed by atoms with Crippen LogP contribution in [0.25, 0.3) is 22.7 Å². The first-order chi connectivity index (χ1) is 14.9. The van der Waals surface area contributed by atoms with Crippen LogP contribution in [0.2, 0.25) is 0 Å². The first-order valence-electron chi connectivity index (χ1n) is 9.44. The van der Waals surface area contributed by atoms with Crippen LogP contribution in [0.4, 0.5) is 13.2 Å². The molecule has 0 N–H and O–H groups in total. The lowest BCUT2D eigenvalue weighted by Crippen LogP contribution is -2.28. The Hall–Kier alpha value is -3.39. The summed E-state index contributed by atoms with van der Waals surface area (Å²) in [6.45, 7) is -2.87. The largest absolute Gasteiger partial charge is 0.334 e. The van der Waals surface area contributed by atoms with E-state index in [4.69, 9.17) is 0 Å². The maximum atomic E-state index is 13.7. The van der Waals surface area contributed by atoms with Gasteiger partial charge in [0, 0.05) is 11.9 Å². The van der Waals surface area contributed by atoms with Crippen molar-refractivity contribution in [2.75, 3.05) is 7.05 Å². The molecule has 4 nitrogen and oxygen atoms in total. The lowest BCUT2D eigenvalue weighted by atomic mass is 10.1. The van der Waals surface area contributed by atoms with E-state index in [0.29, 0.717) is 22.2 Å². The fraction of sp³-hybridized carbons (Fsp3) is 0.130. The lowest BCUT2D eigenvalue weighted by molar-refractivity contribution is -0.124. The summed E-state index contributed by atoms with van der Waals surface area (Å²) in [5.74, 6) is -0.622. The van der Waals surface area contributed by atoms with E-state index in [0.717, 1.165) is 9.44 Å². The van der Waals surface area contributed by atoms with Gasteiger partial charge in [-0.2, -0.15) is 8.78 Å². The topological polar surface area (TPSA) is 38.1 Å². The maximum absolute atomic E-state index is 13.7. The fourth-order valence-corrected chi connectivity index (χ4v) is 4.04. The third-order valence-corrected chi connectivity index (χ3v) is 5.69. The number of fused-ring (bicyclic) bond motifs is 1. The number of carbonyl (C=O) groups excluding carboxylic acids is 1. The van der Waals surface area contributed by atoms with Crippen LogP contribution in [0.3, 0.4) is 0 Å². The van der Waals surface area contributed by atoms with Crippen molar-refractivity contribution in [2.45, 2.75) is 13.1 Å². The van der Waals surface area contributed by atoms with Gasteiger partial charge in [0.15, 0.2) is 0 Å². The van der Waals surface area contributed by atoms with Crippen molar-refractivity contribution < 1.29 is 18.0 Å². The van der Waals surface area contributed by atoms with Gasteiger partial charge in [0.1, 0.15) is 11.6 Å². The van der Waals surface area contributed by atoms with Gasteiger partial charge in [-0.05, 0) is 47.4 Å². The van der Waals surface area contributed by atoms with Gasteiger partial charge in [-0.25, -0.2) is 9.37 Å². The third-order valence-electron chi connectivity index (χ3n) is 4.79. The number of amides is 1. The van der Waals surface area contributed by atoms with E-state index >= 15 is 0 Å². The number of rotatable bonds is 6. The molecule has 0 aliphatic heterocycles. The summed E-state index contributed by atoms with van der Waals surface area (Å²) in [6, 6.07) is 16.0. The number of thiophene rings is 1. The minimum Gasteiger partial charge on any atom is -0.334 e. The van der Waals surface area contributed by atoms with E-state index in [1.54, 1.807) is 55.6 Å². The van der Waals surface area contributed by atoms with Gasteiger partial charge < -0.3 is 4.90 Å². The SMILES string of the molecule is CN(Cc1nc2ccccc2n1C(F)F)C(=O)/C(=C/c1ccc(F)cc1)c1cccs1. The molecule has 4 aromatic rings. The van der Waals surface area contributed by atoms with E-state index < -0.39 is 6.55 Å². The molecule has 1 amide bonds. The van der Waals surface area contributed by atoms with E-state index in [1.165, 1.54) is 28.4 Å². The highest BCUT2D eigenvalue weighted by molar-refractivity contribution is 7.11. The molecule has 0 bridgehead atoms. The molecule has 31 heavy (non-hydrogen) atoms. The van der Waals surface area contributed by atoms with Crippen LogP contribution in [-0.2, 0) is 11.3 Å². The Morgan fingerprint density at radius 2 is 1.87 bits per heavy atom. The average Bonchev–Trinajstić information content (AvgIpc) is 3.40. The quantitative estimate of drug-likeness (QED) is 0.353. The summed E-state index contributed by atoms with van der Waals surface area (Å²) in [5, 5.41) is 1.84. The Kier molecular flexibility index (Phi) is 5.90. The van der Waals surface area contributed by atoms with Crippen LogP contribution < -0.4 is 0 Å². The Balaban J connectivity index is 1.68. The van der Waals surface area contributed by atoms with Crippen molar-refractivity contribution in [3.63, 3.8) is 0 Å². The van der Waals surface area contributed by atoms with Gasteiger partial charge >= 0.3 is 6.55 Å². The highest BCUT2D eigenvalue weighted by atomic mass is 32.1. The van der Waals surface area contributed by atoms with Crippen molar-refractivity contribution in [1.29, 1.82) is 0 Å². The van der Waals surface area contributed by atoms with Gasteiger partial charge in [-0.3, -0.25) is 9.36 Å². The van der Waals surface area contributed by atoms with Crippen LogP contribution in [0.15, 0.2) is 66.0 Å². The monoisotopic (exact) mass is 441 g/mol. The van der Waals surface area contributed by atoms with Crippen LogP contribution in [-0.4, -0.2) is 27.4 Å². The van der Waals surface area contributed by atoms with Gasteiger partial charge in [-0.15, -0.1) is 11.3 Å². The molecule has 0 spiro atoms. The molecule has 158 valence electrons. The van der Waals surface area contributed by atoms with Crippen molar-refractivity contribution in [3.8, 4) is 0 Å². The molecule has 2 aromatic carbocycles. The third kappa shape index (κ3) is 4.39. The van der Waals surface area contributed by atoms with E-state index in [1.807, 2.05) is 11.4 Å². The van der Waals surface area contributed by atoms with E-state index in [-0.39, 0.29) is 24.1 Å². The minimum atomic E-state index is -2.78. The molecule has 2 heterocycles. The predicted octanol–water partition coefficient (Wildman–Crippen LogP) is 5.83. The Labute approximate surface area is 180 Å². The van der Waals surface area contributed by atoms with Crippen LogP contribution in [0.1, 0.15) is 22.8 Å². The van der Waals surface area contributed by atoms with Crippen LogP contribution in [0, 0.1) is 5.82 Å². The molecule has 0 radical (unpaired) electrons. The smallest absolute Gasteiger partial charge is 0.320 e. The normalized spacial score (nSPS) is 12.0. The number of alkyl halides is 2. The second-order valence-electron chi connectivity index (χ2n) is 6.91. The molecule has 0 aliphatic carbocycles. The molecule has 0 unspecified atom stereocenters. The zero-order valence-corrected chi connectivity index (χ0v) is 17.3. The summed E-state index contributed by atoms with van der Waals surface area (Å²) in [7, 11) is 1.55. The summed E-state index contributed by atoms with van der Waals surface area (Å²) < 4.78 is 41.5. The summed E-state index contributed by atoms with van der Waals surface area (Å²) >= 11 is 1.39. The van der Waals surface area contributed by atoms with Gasteiger partial charge in [0.05, 0.1) is 23.2 Å². The van der Waals surface area contributed by atoms with Crippen molar-refractivity contribution in [1.82, 2.24) is 14.5 Å². The highest BCUT2D eigenvalue weighted by Gasteiger charge is 2.23. The number of nitrogens with zero attached hydrogens (tertiary/aromatic N) is 3. The molecule has 2 aromatic heterocycles. The Morgan fingerprint density at radius 1 is 1.13 bits per heavy atom. The maximum Gasteiger partial charge on any atom is 0.320 e. The van der Waals surface area contributed by atoms with E-state index in [2.05, 4.69) is 4.98 Å². The minimum absolute atomic E-state index is 0.0933. The number of likely N-dealkylation sites (N-methyl/N-ethyl adjacent to an activating group) is 1. The lowest BCUT2D eigenvalue weighted by Gasteiger charge is -2.19. The second-order valence-corrected chi connectivity index (χ2v) is 7.86. The number of benzene rings is 2. The number of carbonyl (C=O) groups is 1. The number of imidazole rings is 1. The number of hydrogen-bond acceptors (Lipinski definition) is 3. The molecule has 0 atom stereocenters. The molecule has 0 aliphatic rings. The standard InChI is InChI=1S/C23H18F3N3OS/c1-28(14-21-27-18-5-2-3-6-19(18)29(21)23(25)26)22(30)17(20-7-4-12-31-20)13-15-8-10-16(24)11-9-15/h2-13,23H,14H2,1H3/b17-13+. The molecule has 0 saturated heterocycles. The highest BCUT2D eigenvalue weighted by Crippen LogP contribution is 2.27. The second kappa shape index (κ2) is 8.77. The molecular formula is C23H18F3N3OS. The van der Waals surface area contributed by atoms with Gasteiger partial charge in [0.2, 0.25) is 0 Å². The zero-order chi connectivity index (χ0) is 22.0. The number of halogens is 3. The molecule has 0 fully saturated rings. The number of para-hydroxylation sites is 2. The molecule has 0 saturated carbocycles. The fourth-order valence-electron chi connectivity index (χ4n) is 3.31.